The van der Waals surface area contributed by atoms with Gasteiger partial charge in [0.2, 0.25) is 0 Å². The van der Waals surface area contributed by atoms with E-state index in [-0.39, 0.29) is 12.1 Å². The van der Waals surface area contributed by atoms with Crippen LogP contribution < -0.4 is 10.2 Å². The maximum Gasteiger partial charge on any atom is 0.174 e. The number of halogens is 1. The van der Waals surface area contributed by atoms with E-state index in [0.29, 0.717) is 6.04 Å². The number of aromatic nitrogens is 2. The van der Waals surface area contributed by atoms with Gasteiger partial charge < -0.3 is 14.8 Å². The molecule has 4 nitrogen and oxygen atoms in total. The van der Waals surface area contributed by atoms with Crippen molar-refractivity contribution >= 4 is 38.9 Å². The summed E-state index contributed by atoms with van der Waals surface area (Å²) in [5.74, 6) is 0. The van der Waals surface area contributed by atoms with E-state index in [0.717, 1.165) is 21.0 Å². The van der Waals surface area contributed by atoms with Crippen LogP contribution >= 0.6 is 28.1 Å². The molecule has 3 heterocycles. The van der Waals surface area contributed by atoms with Crippen LogP contribution in [-0.2, 0) is 0 Å². The number of aryl methyl sites for hydroxylation is 1. The van der Waals surface area contributed by atoms with Crippen LogP contribution in [0.15, 0.2) is 65.4 Å². The molecule has 1 aromatic carbocycles. The molecule has 0 bridgehead atoms. The number of rotatable bonds is 4. The van der Waals surface area contributed by atoms with Crippen LogP contribution in [0.2, 0.25) is 0 Å². The van der Waals surface area contributed by atoms with Crippen molar-refractivity contribution in [3.05, 3.63) is 82.3 Å². The van der Waals surface area contributed by atoms with Crippen LogP contribution in [0.4, 0.5) is 5.69 Å². The van der Waals surface area contributed by atoms with Crippen LogP contribution in [0, 0.1) is 6.92 Å². The topological polar surface area (TPSA) is 33.1 Å². The number of hydrogen-bond donors (Lipinski definition) is 1. The van der Waals surface area contributed by atoms with Gasteiger partial charge in [0.1, 0.15) is 6.04 Å². The Morgan fingerprint density at radius 2 is 1.93 bits per heavy atom. The normalized spacial score (nSPS) is 21.9. The summed E-state index contributed by atoms with van der Waals surface area (Å²) in [4.78, 5) is 6.95. The number of thiocarbonyl (C=S) groups is 1. The Labute approximate surface area is 191 Å². The molecule has 2 atom stereocenters. The van der Waals surface area contributed by atoms with Crippen LogP contribution in [0.5, 0.6) is 0 Å². The zero-order valence-corrected chi connectivity index (χ0v) is 19.4. The van der Waals surface area contributed by atoms with Gasteiger partial charge in [-0.05, 0) is 80.0 Å². The van der Waals surface area contributed by atoms with Gasteiger partial charge in [-0.2, -0.15) is 0 Å². The summed E-state index contributed by atoms with van der Waals surface area (Å²) in [6.45, 7) is 2.12. The average Bonchev–Trinajstić information content (AvgIpc) is 3.49. The van der Waals surface area contributed by atoms with Crippen molar-refractivity contribution in [3.8, 4) is 0 Å². The Morgan fingerprint density at radius 1 is 1.10 bits per heavy atom. The first-order chi connectivity index (χ1) is 14.6. The van der Waals surface area contributed by atoms with Crippen LogP contribution in [0.1, 0.15) is 60.8 Å². The predicted octanol–water partition coefficient (Wildman–Crippen LogP) is 6.25. The molecule has 1 aliphatic carbocycles. The maximum absolute atomic E-state index is 5.87. The maximum atomic E-state index is 5.87. The molecule has 0 spiro atoms. The molecule has 154 valence electrons. The summed E-state index contributed by atoms with van der Waals surface area (Å²) >= 11 is 9.50. The molecule has 30 heavy (non-hydrogen) atoms. The Kier molecular flexibility index (Phi) is 5.37. The highest BCUT2D eigenvalue weighted by Crippen LogP contribution is 2.44. The third-order valence-corrected chi connectivity index (χ3v) is 7.56. The SMILES string of the molecule is Cc1cc(N2C(=S)N[C@@H](c3ccccn3)[C@H]2c2cccn2C2CCCC2)ccc1Br. The second kappa shape index (κ2) is 8.16. The minimum atomic E-state index is -0.00212. The summed E-state index contributed by atoms with van der Waals surface area (Å²) in [7, 11) is 0. The molecular formula is C24H25BrN4S. The van der Waals surface area contributed by atoms with Gasteiger partial charge in [-0.1, -0.05) is 34.8 Å². The lowest BCUT2D eigenvalue weighted by Crippen LogP contribution is -2.30. The molecule has 1 N–H and O–H groups in total. The van der Waals surface area contributed by atoms with E-state index >= 15 is 0 Å². The smallest absolute Gasteiger partial charge is 0.174 e. The number of nitrogens with one attached hydrogen (secondary N) is 1. The van der Waals surface area contributed by atoms with Crippen LogP contribution in [0.25, 0.3) is 0 Å². The Hall–Kier alpha value is -2.18. The largest absolute Gasteiger partial charge is 0.351 e. The van der Waals surface area contributed by atoms with Crippen LogP contribution in [0.3, 0.4) is 0 Å². The number of benzene rings is 1. The van der Waals surface area contributed by atoms with Gasteiger partial charge in [-0.25, -0.2) is 0 Å². The van der Waals surface area contributed by atoms with Crippen molar-refractivity contribution in [3.63, 3.8) is 0 Å². The lowest BCUT2D eigenvalue weighted by Gasteiger charge is -2.30. The molecule has 2 fully saturated rings. The van der Waals surface area contributed by atoms with E-state index < -0.39 is 0 Å². The van der Waals surface area contributed by atoms with E-state index in [9.17, 15) is 0 Å². The number of anilines is 1. The fourth-order valence-corrected chi connectivity index (χ4v) is 5.48. The quantitative estimate of drug-likeness (QED) is 0.447. The second-order valence-electron chi connectivity index (χ2n) is 8.21. The third-order valence-electron chi connectivity index (χ3n) is 6.35. The molecule has 0 amide bonds. The Bertz CT molecular complexity index is 1060. The second-order valence-corrected chi connectivity index (χ2v) is 9.45. The zero-order chi connectivity index (χ0) is 20.7. The molecule has 2 aromatic heterocycles. The van der Waals surface area contributed by atoms with Crippen molar-refractivity contribution in [2.45, 2.75) is 50.7 Å². The van der Waals surface area contributed by atoms with Gasteiger partial charge in [-0.3, -0.25) is 4.98 Å². The lowest BCUT2D eigenvalue weighted by molar-refractivity contribution is 0.461. The van der Waals surface area contributed by atoms with Gasteiger partial charge in [0.05, 0.1) is 11.7 Å². The zero-order valence-electron chi connectivity index (χ0n) is 17.0. The lowest BCUT2D eigenvalue weighted by atomic mass is 10.00. The van der Waals surface area contributed by atoms with E-state index in [4.69, 9.17) is 12.2 Å². The highest BCUT2D eigenvalue weighted by molar-refractivity contribution is 9.10. The first-order valence-corrected chi connectivity index (χ1v) is 11.8. The van der Waals surface area contributed by atoms with Crippen molar-refractivity contribution < 1.29 is 0 Å². The molecule has 3 aromatic rings. The minimum Gasteiger partial charge on any atom is -0.351 e. The van der Waals surface area contributed by atoms with Crippen molar-refractivity contribution in [2.75, 3.05) is 4.90 Å². The summed E-state index contributed by atoms with van der Waals surface area (Å²) in [6, 6.07) is 17.6. The summed E-state index contributed by atoms with van der Waals surface area (Å²) in [6.07, 6.45) is 9.22. The van der Waals surface area contributed by atoms with Crippen molar-refractivity contribution in [1.29, 1.82) is 0 Å². The summed E-state index contributed by atoms with van der Waals surface area (Å²) < 4.78 is 3.60. The number of pyridine rings is 1. The van der Waals surface area contributed by atoms with Gasteiger partial charge in [-0.15, -0.1) is 0 Å². The standard InChI is InChI=1S/C24H25BrN4S/c1-16-15-18(11-12-19(16)25)29-23(21-10-6-14-28(21)17-7-2-3-8-17)22(27-24(29)30)20-9-4-5-13-26-20/h4-6,9-15,17,22-23H,2-3,7-8H2,1H3,(H,27,30)/t22-,23+/m0/s1. The molecule has 0 radical (unpaired) electrons. The summed E-state index contributed by atoms with van der Waals surface area (Å²) in [5.41, 5.74) is 4.61. The number of hydrogen-bond acceptors (Lipinski definition) is 2. The van der Waals surface area contributed by atoms with Crippen LogP contribution in [-0.4, -0.2) is 14.7 Å². The van der Waals surface area contributed by atoms with Crippen molar-refractivity contribution in [1.82, 2.24) is 14.9 Å². The van der Waals surface area contributed by atoms with Gasteiger partial charge in [0.25, 0.3) is 0 Å². The van der Waals surface area contributed by atoms with Gasteiger partial charge >= 0.3 is 0 Å². The van der Waals surface area contributed by atoms with Crippen molar-refractivity contribution in [2.24, 2.45) is 0 Å². The molecule has 1 saturated heterocycles. The van der Waals surface area contributed by atoms with E-state index in [1.807, 2.05) is 18.3 Å². The molecule has 0 unspecified atom stereocenters. The molecule has 1 saturated carbocycles. The summed E-state index contributed by atoms with van der Waals surface area (Å²) in [5, 5.41) is 4.33. The van der Waals surface area contributed by atoms with E-state index in [1.54, 1.807) is 0 Å². The van der Waals surface area contributed by atoms with Gasteiger partial charge in [0.15, 0.2) is 5.11 Å². The Balaban J connectivity index is 1.63. The third kappa shape index (κ3) is 3.46. The molecule has 6 heteroatoms. The highest BCUT2D eigenvalue weighted by Gasteiger charge is 2.42. The molecule has 2 aliphatic rings. The fourth-order valence-electron chi connectivity index (χ4n) is 4.88. The predicted molar refractivity (Wildman–Crippen MR) is 129 cm³/mol. The molecule has 5 rings (SSSR count). The fraction of sp³-hybridized carbons (Fsp3) is 0.333. The monoisotopic (exact) mass is 480 g/mol. The highest BCUT2D eigenvalue weighted by atomic mass is 79.9. The Morgan fingerprint density at radius 3 is 2.67 bits per heavy atom. The van der Waals surface area contributed by atoms with E-state index in [2.05, 4.69) is 85.2 Å². The first-order valence-electron chi connectivity index (χ1n) is 10.6. The first kappa shape index (κ1) is 19.8. The molecule has 1 aliphatic heterocycles. The minimum absolute atomic E-state index is 0.00212. The number of nitrogens with zero attached hydrogens (tertiary/aromatic N) is 3. The molecular weight excluding hydrogens is 456 g/mol. The van der Waals surface area contributed by atoms with E-state index in [1.165, 1.54) is 36.9 Å². The average molecular weight is 481 g/mol. The van der Waals surface area contributed by atoms with Gasteiger partial charge in [0, 0.05) is 34.3 Å².